The molecule has 1 aliphatic heterocycles. The van der Waals surface area contributed by atoms with E-state index in [4.69, 9.17) is 0 Å². The van der Waals surface area contributed by atoms with Crippen molar-refractivity contribution in [3.63, 3.8) is 0 Å². The second-order valence-electron chi connectivity index (χ2n) is 5.99. The molecule has 3 nitrogen and oxygen atoms in total. The highest BCUT2D eigenvalue weighted by Gasteiger charge is 2.23. The summed E-state index contributed by atoms with van der Waals surface area (Å²) in [7, 11) is 1.92. The molecule has 0 saturated carbocycles. The van der Waals surface area contributed by atoms with Gasteiger partial charge in [0.25, 0.3) is 0 Å². The van der Waals surface area contributed by atoms with Crippen molar-refractivity contribution in [3.8, 4) is 0 Å². The van der Waals surface area contributed by atoms with Crippen LogP contribution in [0.3, 0.4) is 0 Å². The van der Waals surface area contributed by atoms with Gasteiger partial charge in [-0.15, -0.1) is 0 Å². The third-order valence-corrected chi connectivity index (χ3v) is 4.76. The fourth-order valence-electron chi connectivity index (χ4n) is 2.98. The molecule has 0 spiro atoms. The van der Waals surface area contributed by atoms with Crippen LogP contribution in [0.15, 0.2) is 18.2 Å². The standard InChI is InChI=1S/C17H28FN3/c1-5-13(2)20-8-10-21(11-9-20)17-7-6-15(18)12-16(17)14(3)19-4/h6-7,12-14,19H,5,8-11H2,1-4H3. The summed E-state index contributed by atoms with van der Waals surface area (Å²) in [6.07, 6.45) is 1.19. The Hall–Kier alpha value is -1.13. The molecule has 0 amide bonds. The molecule has 21 heavy (non-hydrogen) atoms. The van der Waals surface area contributed by atoms with Gasteiger partial charge in [0.15, 0.2) is 0 Å². The third kappa shape index (κ3) is 3.74. The lowest BCUT2D eigenvalue weighted by molar-refractivity contribution is 0.192. The molecule has 4 heteroatoms. The van der Waals surface area contributed by atoms with Crippen LogP contribution in [0, 0.1) is 5.82 Å². The quantitative estimate of drug-likeness (QED) is 0.900. The Morgan fingerprint density at radius 2 is 1.86 bits per heavy atom. The van der Waals surface area contributed by atoms with Gasteiger partial charge in [-0.2, -0.15) is 0 Å². The number of nitrogens with one attached hydrogen (secondary N) is 1. The van der Waals surface area contributed by atoms with E-state index in [2.05, 4.69) is 35.9 Å². The van der Waals surface area contributed by atoms with Crippen molar-refractivity contribution in [1.29, 1.82) is 0 Å². The van der Waals surface area contributed by atoms with E-state index in [1.54, 1.807) is 12.1 Å². The smallest absolute Gasteiger partial charge is 0.123 e. The third-order valence-electron chi connectivity index (χ3n) is 4.76. The molecule has 0 aromatic heterocycles. The summed E-state index contributed by atoms with van der Waals surface area (Å²) < 4.78 is 13.6. The van der Waals surface area contributed by atoms with Crippen LogP contribution in [-0.2, 0) is 0 Å². The first-order valence-corrected chi connectivity index (χ1v) is 8.02. The maximum absolute atomic E-state index is 13.6. The minimum atomic E-state index is -0.158. The molecule has 2 unspecified atom stereocenters. The summed E-state index contributed by atoms with van der Waals surface area (Å²) in [6, 6.07) is 5.97. The van der Waals surface area contributed by atoms with Crippen molar-refractivity contribution >= 4 is 5.69 Å². The SMILES string of the molecule is CCC(C)N1CCN(c2ccc(F)cc2C(C)NC)CC1. The van der Waals surface area contributed by atoms with Crippen molar-refractivity contribution in [3.05, 3.63) is 29.6 Å². The molecule has 0 bridgehead atoms. The van der Waals surface area contributed by atoms with Crippen LogP contribution in [0.2, 0.25) is 0 Å². The van der Waals surface area contributed by atoms with Gasteiger partial charge < -0.3 is 10.2 Å². The average molecular weight is 293 g/mol. The molecule has 1 heterocycles. The Balaban J connectivity index is 2.13. The minimum Gasteiger partial charge on any atom is -0.369 e. The zero-order chi connectivity index (χ0) is 15.4. The van der Waals surface area contributed by atoms with Gasteiger partial charge in [0.1, 0.15) is 5.82 Å². The highest BCUT2D eigenvalue weighted by atomic mass is 19.1. The van der Waals surface area contributed by atoms with Gasteiger partial charge in [0.05, 0.1) is 0 Å². The predicted octanol–water partition coefficient (Wildman–Crippen LogP) is 3.03. The van der Waals surface area contributed by atoms with Gasteiger partial charge in [-0.25, -0.2) is 4.39 Å². The Morgan fingerprint density at radius 3 is 2.43 bits per heavy atom. The monoisotopic (exact) mass is 293 g/mol. The Kier molecular flexibility index (Phi) is 5.59. The molecule has 118 valence electrons. The molecule has 1 fully saturated rings. The van der Waals surface area contributed by atoms with E-state index in [1.807, 2.05) is 13.1 Å². The Bertz CT molecular complexity index is 455. The number of benzene rings is 1. The number of hydrogen-bond acceptors (Lipinski definition) is 3. The molecule has 1 aromatic carbocycles. The summed E-state index contributed by atoms with van der Waals surface area (Å²) in [5.41, 5.74) is 2.22. The van der Waals surface area contributed by atoms with E-state index < -0.39 is 0 Å². The van der Waals surface area contributed by atoms with Crippen LogP contribution in [-0.4, -0.2) is 44.2 Å². The van der Waals surface area contributed by atoms with E-state index in [9.17, 15) is 4.39 Å². The van der Waals surface area contributed by atoms with Crippen LogP contribution >= 0.6 is 0 Å². The molecule has 0 aliphatic carbocycles. The van der Waals surface area contributed by atoms with Crippen LogP contribution < -0.4 is 10.2 Å². The fraction of sp³-hybridized carbons (Fsp3) is 0.647. The van der Waals surface area contributed by atoms with Gasteiger partial charge in [-0.1, -0.05) is 6.92 Å². The van der Waals surface area contributed by atoms with Crippen molar-refractivity contribution in [2.24, 2.45) is 0 Å². The number of anilines is 1. The van der Waals surface area contributed by atoms with Crippen molar-refractivity contribution in [2.75, 3.05) is 38.1 Å². The summed E-state index contributed by atoms with van der Waals surface area (Å²) in [5.74, 6) is -0.158. The van der Waals surface area contributed by atoms with Crippen LogP contribution in [0.4, 0.5) is 10.1 Å². The van der Waals surface area contributed by atoms with Crippen molar-refractivity contribution < 1.29 is 4.39 Å². The highest BCUT2D eigenvalue weighted by molar-refractivity contribution is 5.55. The van der Waals surface area contributed by atoms with E-state index in [0.717, 1.165) is 31.7 Å². The first-order valence-electron chi connectivity index (χ1n) is 8.02. The molecule has 2 rings (SSSR count). The highest BCUT2D eigenvalue weighted by Crippen LogP contribution is 2.28. The van der Waals surface area contributed by atoms with E-state index >= 15 is 0 Å². The number of nitrogens with zero attached hydrogens (tertiary/aromatic N) is 2. The van der Waals surface area contributed by atoms with Crippen molar-refractivity contribution in [1.82, 2.24) is 10.2 Å². The van der Waals surface area contributed by atoms with E-state index in [0.29, 0.717) is 6.04 Å². The van der Waals surface area contributed by atoms with Crippen molar-refractivity contribution in [2.45, 2.75) is 39.3 Å². The number of rotatable bonds is 5. The Labute approximate surface area is 128 Å². The fourth-order valence-corrected chi connectivity index (χ4v) is 2.98. The lowest BCUT2D eigenvalue weighted by Crippen LogP contribution is -2.49. The first-order chi connectivity index (χ1) is 10.1. The number of hydrogen-bond donors (Lipinski definition) is 1. The minimum absolute atomic E-state index is 0.156. The van der Waals surface area contributed by atoms with Gasteiger partial charge in [0.2, 0.25) is 0 Å². The van der Waals surface area contributed by atoms with Gasteiger partial charge in [0, 0.05) is 44.0 Å². The van der Waals surface area contributed by atoms with E-state index in [1.165, 1.54) is 12.1 Å². The molecule has 1 N–H and O–H groups in total. The second kappa shape index (κ2) is 7.23. The molecule has 0 radical (unpaired) electrons. The van der Waals surface area contributed by atoms with Gasteiger partial charge in [-0.05, 0) is 51.1 Å². The lowest BCUT2D eigenvalue weighted by atomic mass is 10.0. The maximum atomic E-state index is 13.6. The zero-order valence-corrected chi connectivity index (χ0v) is 13.7. The van der Waals surface area contributed by atoms with Crippen LogP contribution in [0.1, 0.15) is 38.8 Å². The zero-order valence-electron chi connectivity index (χ0n) is 13.7. The molecular formula is C17H28FN3. The molecule has 1 aliphatic rings. The largest absolute Gasteiger partial charge is 0.369 e. The Morgan fingerprint density at radius 1 is 1.19 bits per heavy atom. The molecular weight excluding hydrogens is 265 g/mol. The summed E-state index contributed by atoms with van der Waals surface area (Å²) in [6.45, 7) is 10.8. The summed E-state index contributed by atoms with van der Waals surface area (Å²) >= 11 is 0. The normalized spacial score (nSPS) is 19.6. The number of halogens is 1. The second-order valence-corrected chi connectivity index (χ2v) is 5.99. The predicted molar refractivity (Wildman–Crippen MR) is 87.4 cm³/mol. The first kappa shape index (κ1) is 16.2. The van der Waals surface area contributed by atoms with Gasteiger partial charge >= 0.3 is 0 Å². The summed E-state index contributed by atoms with van der Waals surface area (Å²) in [5, 5.41) is 3.22. The van der Waals surface area contributed by atoms with Crippen LogP contribution in [0.5, 0.6) is 0 Å². The molecule has 2 atom stereocenters. The maximum Gasteiger partial charge on any atom is 0.123 e. The van der Waals surface area contributed by atoms with Gasteiger partial charge in [-0.3, -0.25) is 4.90 Å². The topological polar surface area (TPSA) is 18.5 Å². The molecule has 1 aromatic rings. The summed E-state index contributed by atoms with van der Waals surface area (Å²) in [4.78, 5) is 4.93. The number of piperazine rings is 1. The molecule has 1 saturated heterocycles. The van der Waals surface area contributed by atoms with Crippen LogP contribution in [0.25, 0.3) is 0 Å². The average Bonchev–Trinajstić information content (AvgIpc) is 2.53. The van der Waals surface area contributed by atoms with E-state index in [-0.39, 0.29) is 11.9 Å². The lowest BCUT2D eigenvalue weighted by Gasteiger charge is -2.40.